The molecule has 122 valence electrons. The molecule has 0 saturated heterocycles. The van der Waals surface area contributed by atoms with Crippen LogP contribution in [0.15, 0.2) is 54.7 Å². The average Bonchev–Trinajstić information content (AvgIpc) is 2.62. The fraction of sp³-hybridized carbons (Fsp3) is 0. The molecule has 3 aromatic rings. The molecule has 0 saturated carbocycles. The van der Waals surface area contributed by atoms with Crippen LogP contribution in [-0.4, -0.2) is 10.9 Å². The summed E-state index contributed by atoms with van der Waals surface area (Å²) in [6.07, 6.45) is 1.47. The van der Waals surface area contributed by atoms with Gasteiger partial charge in [0.25, 0.3) is 5.91 Å². The molecule has 0 atom stereocenters. The third kappa shape index (κ3) is 3.21. The quantitative estimate of drug-likeness (QED) is 0.793. The number of nitrogens with zero attached hydrogens (tertiary/aromatic N) is 2. The van der Waals surface area contributed by atoms with Crippen LogP contribution in [0.5, 0.6) is 0 Å². The fourth-order valence-electron chi connectivity index (χ4n) is 2.45. The Kier molecular flexibility index (Phi) is 4.23. The van der Waals surface area contributed by atoms with E-state index in [1.54, 1.807) is 24.3 Å². The molecule has 3 rings (SSSR count). The van der Waals surface area contributed by atoms with Crippen molar-refractivity contribution in [1.82, 2.24) is 4.98 Å². The summed E-state index contributed by atoms with van der Waals surface area (Å²) in [6.45, 7) is 0. The number of nitrogens with two attached hydrogens (primary N) is 1. The molecule has 1 aromatic heterocycles. The Bertz CT molecular complexity index is 1010. The maximum atomic E-state index is 14.6. The van der Waals surface area contributed by atoms with Crippen LogP contribution < -0.4 is 5.73 Å². The molecule has 0 aliphatic rings. The predicted molar refractivity (Wildman–Crippen MR) is 88.3 cm³/mol. The molecule has 2 N–H and O–H groups in total. The molecule has 4 nitrogen and oxygen atoms in total. The Morgan fingerprint density at radius 3 is 2.40 bits per heavy atom. The van der Waals surface area contributed by atoms with Gasteiger partial charge in [-0.25, -0.2) is 8.78 Å². The first-order chi connectivity index (χ1) is 12.0. The van der Waals surface area contributed by atoms with E-state index in [1.165, 1.54) is 24.4 Å². The van der Waals surface area contributed by atoms with Gasteiger partial charge < -0.3 is 5.73 Å². The molecule has 2 aromatic carbocycles. The number of amides is 1. The number of benzene rings is 2. The minimum atomic E-state index is -0.955. The second kappa shape index (κ2) is 6.49. The molecule has 0 radical (unpaired) electrons. The fourth-order valence-corrected chi connectivity index (χ4v) is 2.45. The van der Waals surface area contributed by atoms with Crippen molar-refractivity contribution < 1.29 is 13.6 Å². The van der Waals surface area contributed by atoms with E-state index in [1.807, 2.05) is 6.07 Å². The SMILES string of the molecule is N#Cc1cc(C(N)=O)c(F)c(-c2ccnc(-c3ccc(F)cc3)c2)c1. The van der Waals surface area contributed by atoms with E-state index in [4.69, 9.17) is 11.0 Å². The highest BCUT2D eigenvalue weighted by molar-refractivity contribution is 5.95. The number of hydrogen-bond acceptors (Lipinski definition) is 3. The zero-order chi connectivity index (χ0) is 18.0. The van der Waals surface area contributed by atoms with Crippen molar-refractivity contribution in [3.63, 3.8) is 0 Å². The van der Waals surface area contributed by atoms with E-state index in [0.29, 0.717) is 16.8 Å². The van der Waals surface area contributed by atoms with Crippen molar-refractivity contribution in [2.24, 2.45) is 5.73 Å². The van der Waals surface area contributed by atoms with Crippen LogP contribution in [0.2, 0.25) is 0 Å². The molecule has 0 aliphatic heterocycles. The molecular formula is C19H11F2N3O. The molecule has 0 spiro atoms. The minimum Gasteiger partial charge on any atom is -0.366 e. The maximum absolute atomic E-state index is 14.6. The van der Waals surface area contributed by atoms with Gasteiger partial charge in [-0.05, 0) is 54.1 Å². The van der Waals surface area contributed by atoms with Gasteiger partial charge in [0.2, 0.25) is 0 Å². The van der Waals surface area contributed by atoms with Gasteiger partial charge >= 0.3 is 0 Å². The number of aromatic nitrogens is 1. The summed E-state index contributed by atoms with van der Waals surface area (Å²) in [5, 5.41) is 9.09. The largest absolute Gasteiger partial charge is 0.366 e. The van der Waals surface area contributed by atoms with Gasteiger partial charge in [0.05, 0.1) is 22.9 Å². The molecule has 0 bridgehead atoms. The first-order valence-electron chi connectivity index (χ1n) is 7.25. The van der Waals surface area contributed by atoms with Gasteiger partial charge in [0.15, 0.2) is 0 Å². The van der Waals surface area contributed by atoms with Crippen molar-refractivity contribution in [3.8, 4) is 28.5 Å². The van der Waals surface area contributed by atoms with Crippen molar-refractivity contribution in [3.05, 3.63) is 77.5 Å². The molecule has 0 aliphatic carbocycles. The van der Waals surface area contributed by atoms with Crippen molar-refractivity contribution in [2.45, 2.75) is 0 Å². The number of carbonyl (C=O) groups is 1. The highest BCUT2D eigenvalue weighted by Crippen LogP contribution is 2.29. The van der Waals surface area contributed by atoms with Crippen LogP contribution in [0.4, 0.5) is 8.78 Å². The summed E-state index contributed by atoms with van der Waals surface area (Å²) in [4.78, 5) is 15.6. The van der Waals surface area contributed by atoms with E-state index in [2.05, 4.69) is 4.98 Å². The Labute approximate surface area is 142 Å². The highest BCUT2D eigenvalue weighted by Gasteiger charge is 2.17. The summed E-state index contributed by atoms with van der Waals surface area (Å²) >= 11 is 0. The first kappa shape index (κ1) is 16.3. The topological polar surface area (TPSA) is 79.8 Å². The lowest BCUT2D eigenvalue weighted by Gasteiger charge is -2.09. The molecule has 25 heavy (non-hydrogen) atoms. The molecule has 0 unspecified atom stereocenters. The molecule has 6 heteroatoms. The molecule has 1 amide bonds. The van der Waals surface area contributed by atoms with Crippen LogP contribution >= 0.6 is 0 Å². The predicted octanol–water partition coefficient (Wildman–Crippen LogP) is 3.66. The van der Waals surface area contributed by atoms with Crippen LogP contribution in [-0.2, 0) is 0 Å². The summed E-state index contributed by atoms with van der Waals surface area (Å²) in [5.41, 5.74) is 6.59. The van der Waals surface area contributed by atoms with Crippen LogP contribution in [0.25, 0.3) is 22.4 Å². The monoisotopic (exact) mass is 335 g/mol. The Morgan fingerprint density at radius 2 is 1.76 bits per heavy atom. The number of rotatable bonds is 3. The van der Waals surface area contributed by atoms with E-state index in [-0.39, 0.29) is 22.5 Å². The normalized spacial score (nSPS) is 10.3. The van der Waals surface area contributed by atoms with Crippen LogP contribution in [0.3, 0.4) is 0 Å². The van der Waals surface area contributed by atoms with E-state index >= 15 is 0 Å². The molecule has 0 fully saturated rings. The Balaban J connectivity index is 2.16. The molecular weight excluding hydrogens is 324 g/mol. The lowest BCUT2D eigenvalue weighted by Crippen LogP contribution is -2.14. The van der Waals surface area contributed by atoms with Crippen LogP contribution in [0.1, 0.15) is 15.9 Å². The number of pyridine rings is 1. The second-order valence-electron chi connectivity index (χ2n) is 5.30. The van der Waals surface area contributed by atoms with Gasteiger partial charge in [-0.15, -0.1) is 0 Å². The third-order valence-corrected chi connectivity index (χ3v) is 3.68. The highest BCUT2D eigenvalue weighted by atomic mass is 19.1. The molecule has 1 heterocycles. The van der Waals surface area contributed by atoms with Crippen molar-refractivity contribution >= 4 is 5.91 Å². The number of halogens is 2. The number of hydrogen-bond donors (Lipinski definition) is 1. The lowest BCUT2D eigenvalue weighted by molar-refractivity contribution is 0.0996. The Morgan fingerprint density at radius 1 is 1.04 bits per heavy atom. The minimum absolute atomic E-state index is 0.0682. The number of primary amides is 1. The number of carbonyl (C=O) groups excluding carboxylic acids is 1. The summed E-state index contributed by atoms with van der Waals surface area (Å²) < 4.78 is 27.7. The second-order valence-corrected chi connectivity index (χ2v) is 5.30. The zero-order valence-electron chi connectivity index (χ0n) is 12.8. The number of nitriles is 1. The van der Waals surface area contributed by atoms with Gasteiger partial charge in [0.1, 0.15) is 11.6 Å². The summed E-state index contributed by atoms with van der Waals surface area (Å²) in [5.74, 6) is -2.13. The maximum Gasteiger partial charge on any atom is 0.251 e. The van der Waals surface area contributed by atoms with Gasteiger partial charge in [0, 0.05) is 17.3 Å². The lowest BCUT2D eigenvalue weighted by atomic mass is 9.98. The van der Waals surface area contributed by atoms with E-state index in [0.717, 1.165) is 6.07 Å². The van der Waals surface area contributed by atoms with Gasteiger partial charge in [-0.2, -0.15) is 5.26 Å². The third-order valence-electron chi connectivity index (χ3n) is 3.68. The Hall–Kier alpha value is -3.59. The van der Waals surface area contributed by atoms with E-state index in [9.17, 15) is 13.6 Å². The van der Waals surface area contributed by atoms with Gasteiger partial charge in [-0.1, -0.05) is 0 Å². The summed E-state index contributed by atoms with van der Waals surface area (Å²) in [6, 6.07) is 13.2. The van der Waals surface area contributed by atoms with Crippen molar-refractivity contribution in [2.75, 3.05) is 0 Å². The smallest absolute Gasteiger partial charge is 0.251 e. The summed E-state index contributed by atoms with van der Waals surface area (Å²) in [7, 11) is 0. The zero-order valence-corrected chi connectivity index (χ0v) is 12.8. The first-order valence-corrected chi connectivity index (χ1v) is 7.25. The van der Waals surface area contributed by atoms with Gasteiger partial charge in [-0.3, -0.25) is 9.78 Å². The van der Waals surface area contributed by atoms with E-state index < -0.39 is 11.7 Å². The standard InChI is InChI=1S/C19H11F2N3O/c20-14-3-1-12(2-4-14)17-9-13(5-6-24-17)15-7-11(10-22)8-16(18(15)21)19(23)25/h1-9H,(H2,23,25). The average molecular weight is 335 g/mol. The van der Waals surface area contributed by atoms with Crippen LogP contribution in [0, 0.1) is 23.0 Å². The van der Waals surface area contributed by atoms with Crippen molar-refractivity contribution in [1.29, 1.82) is 5.26 Å².